The number of nitro benzene ring substituents is 1. The first kappa shape index (κ1) is 29.1. The molecular weight excluding hydrogens is 606 g/mol. The molecule has 1 aliphatic heterocycles. The quantitative estimate of drug-likeness (QED) is 0.127. The number of thiazole rings is 1. The Balaban J connectivity index is 1.55. The second-order valence-corrected chi connectivity index (χ2v) is 11.2. The first-order valence-electron chi connectivity index (χ1n) is 13.5. The Labute approximate surface area is 258 Å². The summed E-state index contributed by atoms with van der Waals surface area (Å²) in [4.78, 5) is 43.4. The van der Waals surface area contributed by atoms with Gasteiger partial charge in [0.05, 0.1) is 39.5 Å². The predicted molar refractivity (Wildman–Crippen MR) is 167 cm³/mol. The Morgan fingerprint density at radius 3 is 2.73 bits per heavy atom. The van der Waals surface area contributed by atoms with Crippen LogP contribution in [0.5, 0.6) is 5.75 Å². The van der Waals surface area contributed by atoms with E-state index in [4.69, 9.17) is 25.5 Å². The minimum atomic E-state index is -0.885. The van der Waals surface area contributed by atoms with Crippen molar-refractivity contribution >= 4 is 51.4 Å². The number of hydrogen-bond donors (Lipinski definition) is 0. The molecule has 3 heterocycles. The van der Waals surface area contributed by atoms with Gasteiger partial charge in [-0.1, -0.05) is 53.3 Å². The number of hydrogen-bond acceptors (Lipinski definition) is 9. The third kappa shape index (κ3) is 4.99. The number of furan rings is 1. The summed E-state index contributed by atoms with van der Waals surface area (Å²) in [6, 6.07) is 17.9. The van der Waals surface area contributed by atoms with E-state index in [2.05, 4.69) is 4.99 Å². The Bertz CT molecular complexity index is 2200. The van der Waals surface area contributed by atoms with Gasteiger partial charge in [-0.3, -0.25) is 19.5 Å². The van der Waals surface area contributed by atoms with Crippen LogP contribution in [-0.2, 0) is 9.53 Å². The fraction of sp³-hybridized carbons (Fsp3) is 0.156. The standard InChI is InChI=1S/C32H24ClN3O7S/c1-4-42-31(38)27-17(2)34-32-35(29(27)28-21-8-6-5-7-18(21)9-13-25(28)41-3)30(37)26(44-32)16-20-11-14-24(43-20)22-15-19(36(39)40)10-12-23(22)33/h5-16,29H,4H2,1-3H3/b26-16+/t29-/m1/s1. The molecule has 0 N–H and O–H groups in total. The average molecular weight is 630 g/mol. The van der Waals surface area contributed by atoms with Crippen LogP contribution < -0.4 is 19.6 Å². The number of benzene rings is 3. The average Bonchev–Trinajstić information content (AvgIpc) is 3.59. The molecule has 3 aromatic carbocycles. The zero-order valence-electron chi connectivity index (χ0n) is 23.7. The molecule has 0 radical (unpaired) electrons. The predicted octanol–water partition coefficient (Wildman–Crippen LogP) is 5.78. The number of allylic oxidation sites excluding steroid dienone is 1. The third-order valence-corrected chi connectivity index (χ3v) is 8.58. The van der Waals surface area contributed by atoms with E-state index in [1.165, 1.54) is 22.8 Å². The number of nitrogens with zero attached hydrogens (tertiary/aromatic N) is 3. The van der Waals surface area contributed by atoms with Crippen molar-refractivity contribution in [2.45, 2.75) is 19.9 Å². The van der Waals surface area contributed by atoms with Gasteiger partial charge in [-0.2, -0.15) is 0 Å². The third-order valence-electron chi connectivity index (χ3n) is 7.27. The van der Waals surface area contributed by atoms with Gasteiger partial charge in [0.1, 0.15) is 23.3 Å². The van der Waals surface area contributed by atoms with Gasteiger partial charge in [0, 0.05) is 29.3 Å². The van der Waals surface area contributed by atoms with Crippen LogP contribution in [0, 0.1) is 10.1 Å². The summed E-state index contributed by atoms with van der Waals surface area (Å²) in [5.74, 6) is 0.557. The number of esters is 1. The molecule has 5 aromatic rings. The second kappa shape index (κ2) is 11.6. The zero-order valence-corrected chi connectivity index (χ0v) is 25.3. The zero-order chi connectivity index (χ0) is 31.1. The summed E-state index contributed by atoms with van der Waals surface area (Å²) in [6.07, 6.45) is 1.57. The van der Waals surface area contributed by atoms with Crippen LogP contribution in [0.3, 0.4) is 0 Å². The number of fused-ring (bicyclic) bond motifs is 2. The molecule has 1 atom stereocenters. The lowest BCUT2D eigenvalue weighted by molar-refractivity contribution is -0.384. The van der Waals surface area contributed by atoms with E-state index in [-0.39, 0.29) is 22.9 Å². The van der Waals surface area contributed by atoms with Crippen molar-refractivity contribution < 1.29 is 23.6 Å². The van der Waals surface area contributed by atoms with E-state index in [1.54, 1.807) is 39.2 Å². The summed E-state index contributed by atoms with van der Waals surface area (Å²) >= 11 is 7.45. The number of aromatic nitrogens is 1. The first-order valence-corrected chi connectivity index (χ1v) is 14.7. The smallest absolute Gasteiger partial charge is 0.338 e. The van der Waals surface area contributed by atoms with Gasteiger partial charge in [0.25, 0.3) is 11.2 Å². The Hall–Kier alpha value is -5.00. The van der Waals surface area contributed by atoms with Crippen molar-refractivity contribution in [3.8, 4) is 17.1 Å². The van der Waals surface area contributed by atoms with Crippen LogP contribution in [0.2, 0.25) is 5.02 Å². The molecule has 0 spiro atoms. The second-order valence-electron chi connectivity index (χ2n) is 9.83. The molecule has 0 saturated heterocycles. The number of carbonyl (C=O) groups excluding carboxylic acids is 1. The number of non-ortho nitro benzene ring substituents is 1. The van der Waals surface area contributed by atoms with E-state index in [9.17, 15) is 19.7 Å². The molecular formula is C32H24ClN3O7S. The lowest BCUT2D eigenvalue weighted by Gasteiger charge is -2.27. The number of halogens is 1. The summed E-state index contributed by atoms with van der Waals surface area (Å²) in [6.45, 7) is 3.58. The lowest BCUT2D eigenvalue weighted by atomic mass is 9.90. The van der Waals surface area contributed by atoms with Crippen molar-refractivity contribution in [1.29, 1.82) is 0 Å². The minimum Gasteiger partial charge on any atom is -0.496 e. The van der Waals surface area contributed by atoms with Crippen molar-refractivity contribution in [3.63, 3.8) is 0 Å². The van der Waals surface area contributed by atoms with E-state index >= 15 is 0 Å². The van der Waals surface area contributed by atoms with Gasteiger partial charge < -0.3 is 13.9 Å². The molecule has 6 rings (SSSR count). The maximum atomic E-state index is 14.1. The monoisotopic (exact) mass is 629 g/mol. The van der Waals surface area contributed by atoms with Crippen LogP contribution in [0.15, 0.2) is 92.2 Å². The number of rotatable bonds is 7. The van der Waals surface area contributed by atoms with E-state index in [1.807, 2.05) is 36.4 Å². The van der Waals surface area contributed by atoms with Gasteiger partial charge in [-0.25, -0.2) is 9.79 Å². The molecule has 0 unspecified atom stereocenters. The van der Waals surface area contributed by atoms with Crippen molar-refractivity contribution in [3.05, 3.63) is 124 Å². The molecule has 0 fully saturated rings. The molecule has 0 bridgehead atoms. The van der Waals surface area contributed by atoms with Crippen molar-refractivity contribution in [1.82, 2.24) is 4.57 Å². The highest BCUT2D eigenvalue weighted by atomic mass is 35.5. The SMILES string of the molecule is CCOC(=O)C1=C(C)N=c2s/c(=C/c3ccc(-c4cc([N+](=O)[O-])ccc4Cl)o3)c(=O)n2[C@H]1c1c(OC)ccc2ccccc12. The molecule has 44 heavy (non-hydrogen) atoms. The van der Waals surface area contributed by atoms with Crippen LogP contribution >= 0.6 is 22.9 Å². The van der Waals surface area contributed by atoms with Gasteiger partial charge in [-0.15, -0.1) is 0 Å². The van der Waals surface area contributed by atoms with Gasteiger partial charge in [-0.05, 0) is 48.9 Å². The first-order chi connectivity index (χ1) is 21.2. The van der Waals surface area contributed by atoms with Gasteiger partial charge in [0.2, 0.25) is 0 Å². The molecule has 0 amide bonds. The molecule has 222 valence electrons. The highest BCUT2D eigenvalue weighted by Crippen LogP contribution is 2.40. The number of nitro groups is 1. The molecule has 10 nitrogen and oxygen atoms in total. The normalized spacial score (nSPS) is 14.8. The Morgan fingerprint density at radius 2 is 1.98 bits per heavy atom. The Kier molecular flexibility index (Phi) is 7.66. The molecule has 2 aromatic heterocycles. The van der Waals surface area contributed by atoms with E-state index < -0.39 is 22.5 Å². The fourth-order valence-corrected chi connectivity index (χ4v) is 6.56. The van der Waals surface area contributed by atoms with Crippen LogP contribution in [0.1, 0.15) is 31.2 Å². The van der Waals surface area contributed by atoms with Gasteiger partial charge >= 0.3 is 5.97 Å². The minimum absolute atomic E-state index is 0.132. The summed E-state index contributed by atoms with van der Waals surface area (Å²) in [5.41, 5.74) is 1.12. The largest absolute Gasteiger partial charge is 0.496 e. The maximum absolute atomic E-state index is 14.1. The Morgan fingerprint density at radius 1 is 1.18 bits per heavy atom. The summed E-state index contributed by atoms with van der Waals surface area (Å²) in [7, 11) is 1.54. The van der Waals surface area contributed by atoms with E-state index in [0.717, 1.165) is 22.1 Å². The van der Waals surface area contributed by atoms with Crippen LogP contribution in [0.4, 0.5) is 5.69 Å². The molecule has 1 aliphatic rings. The highest BCUT2D eigenvalue weighted by molar-refractivity contribution is 7.07. The van der Waals surface area contributed by atoms with Crippen LogP contribution in [0.25, 0.3) is 28.2 Å². The van der Waals surface area contributed by atoms with Crippen molar-refractivity contribution in [2.75, 3.05) is 13.7 Å². The molecule has 0 aliphatic carbocycles. The summed E-state index contributed by atoms with van der Waals surface area (Å²) in [5, 5.41) is 13.3. The molecule has 0 saturated carbocycles. The number of ether oxygens (including phenoxy) is 2. The molecule has 12 heteroatoms. The number of methoxy groups -OCH3 is 1. The summed E-state index contributed by atoms with van der Waals surface area (Å²) < 4.78 is 19.0. The topological polar surface area (TPSA) is 126 Å². The maximum Gasteiger partial charge on any atom is 0.338 e. The van der Waals surface area contributed by atoms with Gasteiger partial charge in [0.15, 0.2) is 4.80 Å². The fourth-order valence-electron chi connectivity index (χ4n) is 5.32. The van der Waals surface area contributed by atoms with Crippen LogP contribution in [-0.4, -0.2) is 29.2 Å². The van der Waals surface area contributed by atoms with Crippen molar-refractivity contribution in [2.24, 2.45) is 4.99 Å². The highest BCUT2D eigenvalue weighted by Gasteiger charge is 2.36. The lowest BCUT2D eigenvalue weighted by Crippen LogP contribution is -2.40. The number of carbonyl (C=O) groups is 1. The van der Waals surface area contributed by atoms with E-state index in [0.29, 0.717) is 43.4 Å².